The van der Waals surface area contributed by atoms with Crippen LogP contribution in [-0.4, -0.2) is 20.2 Å². The molecule has 4 rings (SSSR count). The number of hydrogen-bond acceptors (Lipinski definition) is 4. The van der Waals surface area contributed by atoms with Crippen molar-refractivity contribution in [2.75, 3.05) is 5.32 Å². The van der Waals surface area contributed by atoms with E-state index in [2.05, 4.69) is 52.0 Å². The van der Waals surface area contributed by atoms with Crippen LogP contribution in [0.5, 0.6) is 0 Å². The van der Waals surface area contributed by atoms with Gasteiger partial charge in [0.25, 0.3) is 0 Å². The van der Waals surface area contributed by atoms with Gasteiger partial charge in [-0.25, -0.2) is 0 Å². The fourth-order valence-electron chi connectivity index (χ4n) is 3.69. The molecule has 0 radical (unpaired) electrons. The lowest BCUT2D eigenvalue weighted by atomic mass is 9.76. The Kier molecular flexibility index (Phi) is 4.22. The number of nitrogens with zero attached hydrogens (tertiary/aromatic N) is 4. The lowest BCUT2D eigenvalue weighted by Gasteiger charge is -2.39. The van der Waals surface area contributed by atoms with E-state index in [9.17, 15) is 0 Å². The van der Waals surface area contributed by atoms with Gasteiger partial charge in [-0.05, 0) is 66.3 Å². The minimum absolute atomic E-state index is 0.243. The Labute approximate surface area is 148 Å². The summed E-state index contributed by atoms with van der Waals surface area (Å²) >= 11 is 0. The highest BCUT2D eigenvalue weighted by atomic mass is 15.6. The second-order valence-electron chi connectivity index (χ2n) is 7.01. The molecule has 25 heavy (non-hydrogen) atoms. The Bertz CT molecular complexity index is 804. The Morgan fingerprint density at radius 1 is 0.960 bits per heavy atom. The molecule has 0 aliphatic heterocycles. The first-order valence-corrected chi connectivity index (χ1v) is 8.94. The average Bonchev–Trinajstić information content (AvgIpc) is 3.16. The van der Waals surface area contributed by atoms with Crippen LogP contribution < -0.4 is 5.32 Å². The molecule has 0 unspecified atom stereocenters. The van der Waals surface area contributed by atoms with E-state index in [-0.39, 0.29) is 5.54 Å². The molecule has 1 fully saturated rings. The number of para-hydroxylation sites is 2. The highest BCUT2D eigenvalue weighted by Gasteiger charge is 2.40. The van der Waals surface area contributed by atoms with Crippen LogP contribution in [0.1, 0.15) is 38.4 Å². The smallest absolute Gasteiger partial charge is 0.181 e. The van der Waals surface area contributed by atoms with E-state index in [0.717, 1.165) is 36.0 Å². The van der Waals surface area contributed by atoms with E-state index in [1.54, 1.807) is 0 Å². The first-order valence-electron chi connectivity index (χ1n) is 8.94. The fourth-order valence-corrected chi connectivity index (χ4v) is 3.69. The van der Waals surface area contributed by atoms with Gasteiger partial charge in [-0.2, -0.15) is 4.68 Å². The minimum Gasteiger partial charge on any atom is -0.373 e. The highest BCUT2D eigenvalue weighted by Crippen LogP contribution is 2.41. The topological polar surface area (TPSA) is 55.6 Å². The second kappa shape index (κ2) is 6.67. The van der Waals surface area contributed by atoms with Crippen molar-refractivity contribution in [3.8, 4) is 5.69 Å². The first-order chi connectivity index (χ1) is 12.3. The summed E-state index contributed by atoms with van der Waals surface area (Å²) in [6.07, 6.45) is 4.38. The van der Waals surface area contributed by atoms with Gasteiger partial charge in [-0.1, -0.05) is 43.3 Å². The molecule has 1 aliphatic carbocycles. The van der Waals surface area contributed by atoms with Gasteiger partial charge in [0.1, 0.15) is 0 Å². The van der Waals surface area contributed by atoms with E-state index >= 15 is 0 Å². The molecule has 1 aliphatic rings. The SMILES string of the molecule is CC1CCC(Nc2ccccc2)(c2nnnn2-c2ccccc2)CC1. The van der Waals surface area contributed by atoms with Crippen molar-refractivity contribution >= 4 is 5.69 Å². The van der Waals surface area contributed by atoms with Gasteiger partial charge < -0.3 is 5.32 Å². The van der Waals surface area contributed by atoms with Gasteiger partial charge in [-0.15, -0.1) is 5.10 Å². The molecule has 5 nitrogen and oxygen atoms in total. The van der Waals surface area contributed by atoms with Crippen molar-refractivity contribution in [2.45, 2.75) is 38.1 Å². The first kappa shape index (κ1) is 15.8. The maximum absolute atomic E-state index is 4.45. The molecule has 0 bridgehead atoms. The summed E-state index contributed by atoms with van der Waals surface area (Å²) in [5.74, 6) is 1.64. The standard InChI is InChI=1S/C20H23N5/c1-16-12-14-20(15-13-16,21-17-8-4-2-5-9-17)19-22-23-24-25(19)18-10-6-3-7-11-18/h2-11,16,21H,12-15H2,1H3. The number of rotatable bonds is 4. The van der Waals surface area contributed by atoms with E-state index in [1.165, 1.54) is 12.8 Å². The van der Waals surface area contributed by atoms with Crippen LogP contribution in [0.2, 0.25) is 0 Å². The van der Waals surface area contributed by atoms with Crippen molar-refractivity contribution in [1.82, 2.24) is 20.2 Å². The summed E-state index contributed by atoms with van der Waals surface area (Å²) in [4.78, 5) is 0. The molecule has 5 heteroatoms. The predicted octanol–water partition coefficient (Wildman–Crippen LogP) is 4.18. The number of benzene rings is 2. The maximum atomic E-state index is 4.45. The normalized spacial score (nSPS) is 23.3. The number of aromatic nitrogens is 4. The monoisotopic (exact) mass is 333 g/mol. The molecule has 1 aromatic heterocycles. The van der Waals surface area contributed by atoms with Gasteiger partial charge in [0.2, 0.25) is 0 Å². The van der Waals surface area contributed by atoms with Crippen LogP contribution in [0.25, 0.3) is 5.69 Å². The Hall–Kier alpha value is -2.69. The Balaban J connectivity index is 1.76. The third kappa shape index (κ3) is 3.14. The van der Waals surface area contributed by atoms with Crippen LogP contribution in [-0.2, 0) is 5.54 Å². The average molecular weight is 333 g/mol. The molecule has 0 amide bonds. The summed E-state index contributed by atoms with van der Waals surface area (Å²) in [6.45, 7) is 2.33. The summed E-state index contributed by atoms with van der Waals surface area (Å²) < 4.78 is 1.88. The molecule has 0 spiro atoms. The van der Waals surface area contributed by atoms with Crippen LogP contribution in [0.3, 0.4) is 0 Å². The third-order valence-corrected chi connectivity index (χ3v) is 5.18. The van der Waals surface area contributed by atoms with Crippen molar-refractivity contribution in [1.29, 1.82) is 0 Å². The van der Waals surface area contributed by atoms with Crippen molar-refractivity contribution in [2.24, 2.45) is 5.92 Å². The fraction of sp³-hybridized carbons (Fsp3) is 0.350. The molecule has 1 N–H and O–H groups in total. The zero-order valence-electron chi connectivity index (χ0n) is 14.5. The molecule has 0 saturated heterocycles. The van der Waals surface area contributed by atoms with Crippen molar-refractivity contribution in [3.63, 3.8) is 0 Å². The van der Waals surface area contributed by atoms with Crippen LogP contribution in [0.15, 0.2) is 60.7 Å². The number of tetrazole rings is 1. The minimum atomic E-state index is -0.243. The lowest BCUT2D eigenvalue weighted by Crippen LogP contribution is -2.41. The predicted molar refractivity (Wildman–Crippen MR) is 98.5 cm³/mol. The van der Waals surface area contributed by atoms with Crippen LogP contribution in [0.4, 0.5) is 5.69 Å². The number of anilines is 1. The van der Waals surface area contributed by atoms with Crippen LogP contribution in [0, 0.1) is 5.92 Å². The summed E-state index contributed by atoms with van der Waals surface area (Å²) in [7, 11) is 0. The quantitative estimate of drug-likeness (QED) is 0.778. The largest absolute Gasteiger partial charge is 0.373 e. The molecule has 1 heterocycles. The molecular formula is C20H23N5. The van der Waals surface area contributed by atoms with Gasteiger partial charge in [0.05, 0.1) is 11.2 Å². The Morgan fingerprint density at radius 3 is 2.28 bits per heavy atom. The summed E-state index contributed by atoms with van der Waals surface area (Å²) in [5, 5.41) is 16.5. The second-order valence-corrected chi connectivity index (χ2v) is 7.01. The van der Waals surface area contributed by atoms with Crippen LogP contribution >= 0.6 is 0 Å². The zero-order chi connectivity index (χ0) is 17.1. The molecule has 2 aromatic carbocycles. The summed E-state index contributed by atoms with van der Waals surface area (Å²) in [5.41, 5.74) is 1.86. The van der Waals surface area contributed by atoms with Gasteiger partial charge in [0, 0.05) is 5.69 Å². The number of hydrogen-bond donors (Lipinski definition) is 1. The van der Waals surface area contributed by atoms with E-state index in [1.807, 2.05) is 41.1 Å². The molecular weight excluding hydrogens is 310 g/mol. The third-order valence-electron chi connectivity index (χ3n) is 5.18. The Morgan fingerprint density at radius 2 is 1.60 bits per heavy atom. The number of nitrogens with one attached hydrogen (secondary N) is 1. The zero-order valence-corrected chi connectivity index (χ0v) is 14.5. The maximum Gasteiger partial charge on any atom is 0.181 e. The summed E-state index contributed by atoms with van der Waals surface area (Å²) in [6, 6.07) is 20.5. The van der Waals surface area contributed by atoms with Gasteiger partial charge in [-0.3, -0.25) is 0 Å². The van der Waals surface area contributed by atoms with E-state index in [0.29, 0.717) is 0 Å². The molecule has 3 aromatic rings. The van der Waals surface area contributed by atoms with E-state index < -0.39 is 0 Å². The highest BCUT2D eigenvalue weighted by molar-refractivity contribution is 5.47. The van der Waals surface area contributed by atoms with Gasteiger partial charge in [0.15, 0.2) is 5.82 Å². The van der Waals surface area contributed by atoms with Crippen molar-refractivity contribution < 1.29 is 0 Å². The molecule has 128 valence electrons. The van der Waals surface area contributed by atoms with Crippen molar-refractivity contribution in [3.05, 3.63) is 66.5 Å². The van der Waals surface area contributed by atoms with E-state index in [4.69, 9.17) is 0 Å². The lowest BCUT2D eigenvalue weighted by molar-refractivity contribution is 0.255. The van der Waals surface area contributed by atoms with Gasteiger partial charge >= 0.3 is 0 Å². The molecule has 1 saturated carbocycles. The molecule has 0 atom stereocenters.